The first-order valence-electron chi connectivity index (χ1n) is 4.88. The van der Waals surface area contributed by atoms with Gasteiger partial charge < -0.3 is 5.32 Å². The quantitative estimate of drug-likeness (QED) is 0.804. The van der Waals surface area contributed by atoms with Gasteiger partial charge in [0.15, 0.2) is 0 Å². The normalized spacial score (nSPS) is 10.3. The number of thiophene rings is 1. The van der Waals surface area contributed by atoms with Crippen LogP contribution in [-0.2, 0) is 0 Å². The Hall–Kier alpha value is -0.950. The number of aryl methyl sites for hydroxylation is 1. The van der Waals surface area contributed by atoms with Crippen molar-refractivity contribution < 1.29 is 9.18 Å². The number of hydrogen-bond donors (Lipinski definition) is 1. The summed E-state index contributed by atoms with van der Waals surface area (Å²) in [5.41, 5.74) is 1.52. The van der Waals surface area contributed by atoms with E-state index in [-0.39, 0.29) is 11.6 Å². The maximum absolute atomic E-state index is 13.5. The molecule has 17 heavy (non-hydrogen) atoms. The van der Waals surface area contributed by atoms with Gasteiger partial charge in [-0.1, -0.05) is 12.1 Å². The van der Waals surface area contributed by atoms with Gasteiger partial charge >= 0.3 is 0 Å². The van der Waals surface area contributed by atoms with Crippen molar-refractivity contribution in [3.8, 4) is 0 Å². The molecule has 2 aromatic rings. The molecule has 1 heterocycles. The van der Waals surface area contributed by atoms with Crippen LogP contribution in [0.4, 0.5) is 10.1 Å². The zero-order valence-corrected chi connectivity index (χ0v) is 11.9. The third-order valence-electron chi connectivity index (χ3n) is 2.29. The Morgan fingerprint density at radius 2 is 2.24 bits per heavy atom. The van der Waals surface area contributed by atoms with Crippen molar-refractivity contribution in [1.29, 1.82) is 0 Å². The molecule has 0 bridgehead atoms. The predicted molar refractivity (Wildman–Crippen MR) is 76.1 cm³/mol. The lowest BCUT2D eigenvalue weighted by Gasteiger charge is -2.08. The third kappa shape index (κ3) is 2.84. The van der Waals surface area contributed by atoms with E-state index in [1.54, 1.807) is 30.5 Å². The standard InChI is InChI=1S/C12H9FINOS/c1-7-3-2-4-9(13)11(7)15-12(16)8-5-10(14)17-6-8/h2-6H,1H3,(H,15,16). The lowest BCUT2D eigenvalue weighted by atomic mass is 10.2. The monoisotopic (exact) mass is 361 g/mol. The first-order chi connectivity index (χ1) is 8.08. The summed E-state index contributed by atoms with van der Waals surface area (Å²) >= 11 is 3.63. The van der Waals surface area contributed by atoms with Crippen molar-refractivity contribution >= 4 is 45.5 Å². The van der Waals surface area contributed by atoms with Crippen LogP contribution in [-0.4, -0.2) is 5.91 Å². The number of benzene rings is 1. The van der Waals surface area contributed by atoms with Gasteiger partial charge in [0.05, 0.1) is 14.1 Å². The van der Waals surface area contributed by atoms with E-state index in [0.29, 0.717) is 11.1 Å². The molecule has 0 radical (unpaired) electrons. The summed E-state index contributed by atoms with van der Waals surface area (Å²) in [6.07, 6.45) is 0. The van der Waals surface area contributed by atoms with E-state index in [1.807, 2.05) is 0 Å². The Kier molecular flexibility index (Phi) is 3.78. The molecule has 2 nitrogen and oxygen atoms in total. The van der Waals surface area contributed by atoms with E-state index in [4.69, 9.17) is 0 Å². The first kappa shape index (κ1) is 12.5. The number of amides is 1. The fourth-order valence-corrected chi connectivity index (χ4v) is 2.73. The second kappa shape index (κ2) is 5.14. The molecule has 1 N–H and O–H groups in total. The van der Waals surface area contributed by atoms with Crippen LogP contribution in [0.5, 0.6) is 0 Å². The van der Waals surface area contributed by atoms with Crippen molar-refractivity contribution in [2.75, 3.05) is 5.32 Å². The minimum absolute atomic E-state index is 0.249. The van der Waals surface area contributed by atoms with Gasteiger partial charge in [0, 0.05) is 5.38 Å². The van der Waals surface area contributed by atoms with Crippen LogP contribution in [0.2, 0.25) is 0 Å². The number of carbonyl (C=O) groups is 1. The van der Waals surface area contributed by atoms with E-state index in [1.165, 1.54) is 17.4 Å². The lowest BCUT2D eigenvalue weighted by Crippen LogP contribution is -2.13. The number of anilines is 1. The highest BCUT2D eigenvalue weighted by Crippen LogP contribution is 2.21. The maximum atomic E-state index is 13.5. The maximum Gasteiger partial charge on any atom is 0.256 e. The summed E-state index contributed by atoms with van der Waals surface area (Å²) in [5, 5.41) is 4.35. The van der Waals surface area contributed by atoms with Gasteiger partial charge in [0.25, 0.3) is 5.91 Å². The van der Waals surface area contributed by atoms with Gasteiger partial charge in [-0.05, 0) is 47.2 Å². The summed E-state index contributed by atoms with van der Waals surface area (Å²) in [6.45, 7) is 1.76. The summed E-state index contributed by atoms with van der Waals surface area (Å²) in [6, 6.07) is 6.49. The summed E-state index contributed by atoms with van der Waals surface area (Å²) in [5.74, 6) is -0.694. The zero-order chi connectivity index (χ0) is 12.4. The molecule has 5 heteroatoms. The molecule has 0 fully saturated rings. The highest BCUT2D eigenvalue weighted by atomic mass is 127. The molecule has 1 aromatic heterocycles. The van der Waals surface area contributed by atoms with Gasteiger partial charge in [-0.15, -0.1) is 11.3 Å². The Balaban J connectivity index is 2.24. The Morgan fingerprint density at radius 1 is 1.47 bits per heavy atom. The summed E-state index contributed by atoms with van der Waals surface area (Å²) < 4.78 is 14.5. The molecule has 0 aliphatic carbocycles. The summed E-state index contributed by atoms with van der Waals surface area (Å²) in [7, 11) is 0. The van der Waals surface area contributed by atoms with E-state index < -0.39 is 5.82 Å². The van der Waals surface area contributed by atoms with Gasteiger partial charge in [-0.2, -0.15) is 0 Å². The van der Waals surface area contributed by atoms with E-state index in [2.05, 4.69) is 27.9 Å². The van der Waals surface area contributed by atoms with Crippen LogP contribution >= 0.6 is 33.9 Å². The minimum Gasteiger partial charge on any atom is -0.319 e. The number of para-hydroxylation sites is 1. The van der Waals surface area contributed by atoms with Crippen LogP contribution in [0.15, 0.2) is 29.6 Å². The fourth-order valence-electron chi connectivity index (χ4n) is 1.41. The Morgan fingerprint density at radius 3 is 2.82 bits per heavy atom. The minimum atomic E-state index is -0.414. The van der Waals surface area contributed by atoms with Crippen LogP contribution < -0.4 is 5.32 Å². The Bertz CT molecular complexity index is 547. The largest absolute Gasteiger partial charge is 0.319 e. The van der Waals surface area contributed by atoms with Crippen molar-refractivity contribution in [2.24, 2.45) is 0 Å². The molecule has 0 atom stereocenters. The van der Waals surface area contributed by atoms with Gasteiger partial charge in [0.1, 0.15) is 5.82 Å². The molecule has 0 aliphatic rings. The number of nitrogens with one attached hydrogen (secondary N) is 1. The highest BCUT2D eigenvalue weighted by Gasteiger charge is 2.12. The predicted octanol–water partition coefficient (Wildman–Crippen LogP) is 4.05. The van der Waals surface area contributed by atoms with E-state index >= 15 is 0 Å². The molecule has 88 valence electrons. The molecular formula is C12H9FINOS. The van der Waals surface area contributed by atoms with E-state index in [0.717, 1.165) is 2.88 Å². The van der Waals surface area contributed by atoms with Crippen molar-refractivity contribution in [3.05, 3.63) is 49.5 Å². The molecular weight excluding hydrogens is 352 g/mol. The lowest BCUT2D eigenvalue weighted by molar-refractivity contribution is 0.102. The molecule has 0 unspecified atom stereocenters. The van der Waals surface area contributed by atoms with Crippen LogP contribution in [0.1, 0.15) is 15.9 Å². The second-order valence-corrected chi connectivity index (χ2v) is 6.33. The van der Waals surface area contributed by atoms with Crippen molar-refractivity contribution in [2.45, 2.75) is 6.92 Å². The molecule has 1 aromatic carbocycles. The second-order valence-electron chi connectivity index (χ2n) is 3.53. The Labute approximate surface area is 116 Å². The third-order valence-corrected chi connectivity index (χ3v) is 4.08. The van der Waals surface area contributed by atoms with Gasteiger partial charge in [-0.25, -0.2) is 4.39 Å². The smallest absolute Gasteiger partial charge is 0.256 e. The van der Waals surface area contributed by atoms with Crippen molar-refractivity contribution in [1.82, 2.24) is 0 Å². The van der Waals surface area contributed by atoms with Crippen LogP contribution in [0, 0.1) is 15.6 Å². The van der Waals surface area contributed by atoms with Gasteiger partial charge in [-0.3, -0.25) is 4.79 Å². The zero-order valence-electron chi connectivity index (χ0n) is 8.96. The molecule has 0 aliphatic heterocycles. The average molecular weight is 361 g/mol. The molecule has 0 saturated heterocycles. The van der Waals surface area contributed by atoms with Crippen LogP contribution in [0.25, 0.3) is 0 Å². The number of rotatable bonds is 2. The highest BCUT2D eigenvalue weighted by molar-refractivity contribution is 14.1. The number of hydrogen-bond acceptors (Lipinski definition) is 2. The van der Waals surface area contributed by atoms with Crippen LogP contribution in [0.3, 0.4) is 0 Å². The topological polar surface area (TPSA) is 29.1 Å². The first-order valence-corrected chi connectivity index (χ1v) is 6.84. The molecule has 2 rings (SSSR count). The fraction of sp³-hybridized carbons (Fsp3) is 0.0833. The number of halogens is 2. The SMILES string of the molecule is Cc1cccc(F)c1NC(=O)c1csc(I)c1. The average Bonchev–Trinajstić information content (AvgIpc) is 2.70. The van der Waals surface area contributed by atoms with E-state index in [9.17, 15) is 9.18 Å². The summed E-state index contributed by atoms with van der Waals surface area (Å²) in [4.78, 5) is 11.9. The molecule has 1 amide bonds. The molecule has 0 spiro atoms. The molecule has 0 saturated carbocycles. The van der Waals surface area contributed by atoms with Crippen molar-refractivity contribution in [3.63, 3.8) is 0 Å². The number of carbonyl (C=O) groups excluding carboxylic acids is 1. The van der Waals surface area contributed by atoms with Gasteiger partial charge in [0.2, 0.25) is 0 Å².